The minimum Gasteiger partial charge on any atom is -0.455 e. The molecule has 12 aromatic rings. The van der Waals surface area contributed by atoms with E-state index >= 15 is 0 Å². The first kappa shape index (κ1) is 36.8. The number of furan rings is 1. The van der Waals surface area contributed by atoms with Crippen LogP contribution in [-0.2, 0) is 0 Å². The van der Waals surface area contributed by atoms with Crippen molar-refractivity contribution in [1.29, 1.82) is 0 Å². The predicted octanol–water partition coefficient (Wildman–Crippen LogP) is 13.1. The van der Waals surface area contributed by atoms with Crippen LogP contribution in [0.1, 0.15) is 0 Å². The Morgan fingerprint density at radius 1 is 0.302 bits per heavy atom. The summed E-state index contributed by atoms with van der Waals surface area (Å²) in [6, 6.07) is 91.5. The molecule has 0 N–H and O–H groups in total. The van der Waals surface area contributed by atoms with Gasteiger partial charge >= 0.3 is 0 Å². The summed E-state index contributed by atoms with van der Waals surface area (Å²) < 4.78 is 8.98. The molecule has 2 nitrogen and oxygen atoms in total. The number of aromatic nitrogens is 1. The fraction of sp³-hybridized carbons (Fsp3) is 0. The van der Waals surface area contributed by atoms with Crippen LogP contribution in [0.4, 0.5) is 0 Å². The van der Waals surface area contributed by atoms with Gasteiger partial charge < -0.3 is 8.98 Å². The topological polar surface area (TPSA) is 18.1 Å². The van der Waals surface area contributed by atoms with Gasteiger partial charge in [-0.3, -0.25) is 0 Å². The monoisotopic (exact) mass is 819 g/mol. The average Bonchev–Trinajstić information content (AvgIpc) is 3.92. The SMILES string of the molecule is c1ccc([Si](c2ccccc2)(c2ccccc2)c2cc(-c3cccc(-c4cccc5c4oc4ccccc45)c3)cc(-c3cccc(-n4c5ccccc5c5ccccc54)c3)c2)cc1. The maximum absolute atomic E-state index is 6.57. The van der Waals surface area contributed by atoms with Crippen molar-refractivity contribution in [3.8, 4) is 39.1 Å². The van der Waals surface area contributed by atoms with Crippen molar-refractivity contribution < 1.29 is 4.42 Å². The number of hydrogen-bond donors (Lipinski definition) is 0. The molecule has 0 aliphatic rings. The third kappa shape index (κ3) is 6.08. The first-order valence-corrected chi connectivity index (χ1v) is 23.7. The Morgan fingerprint density at radius 3 is 1.38 bits per heavy atom. The second-order valence-corrected chi connectivity index (χ2v) is 20.2. The molecule has 10 aromatic carbocycles. The molecule has 0 saturated heterocycles. The molecule has 0 saturated carbocycles. The lowest BCUT2D eigenvalue weighted by Crippen LogP contribution is -2.74. The summed E-state index contributed by atoms with van der Waals surface area (Å²) >= 11 is 0. The van der Waals surface area contributed by atoms with E-state index in [9.17, 15) is 0 Å². The van der Waals surface area contributed by atoms with Crippen LogP contribution in [0.25, 0.3) is 82.8 Å². The maximum atomic E-state index is 6.57. The molecule has 2 heterocycles. The van der Waals surface area contributed by atoms with Crippen molar-refractivity contribution in [2.45, 2.75) is 0 Å². The Kier molecular flexibility index (Phi) is 8.87. The summed E-state index contributed by atoms with van der Waals surface area (Å²) in [5, 5.41) is 10.1. The van der Waals surface area contributed by atoms with E-state index in [4.69, 9.17) is 4.42 Å². The molecular weight excluding hydrogens is 779 g/mol. The molecule has 2 aromatic heterocycles. The van der Waals surface area contributed by atoms with Crippen LogP contribution in [0.15, 0.2) is 253 Å². The molecule has 0 radical (unpaired) electrons. The Labute approximate surface area is 367 Å². The number of hydrogen-bond acceptors (Lipinski definition) is 1. The molecule has 0 bridgehead atoms. The van der Waals surface area contributed by atoms with Crippen LogP contribution in [0, 0.1) is 0 Å². The minimum absolute atomic E-state index is 0.903. The summed E-state index contributed by atoms with van der Waals surface area (Å²) in [5.74, 6) is 0. The molecule has 0 atom stereocenters. The van der Waals surface area contributed by atoms with Gasteiger partial charge in [0.05, 0.1) is 11.0 Å². The summed E-state index contributed by atoms with van der Waals surface area (Å²) in [6.07, 6.45) is 0. The quantitative estimate of drug-likeness (QED) is 0.110. The molecular formula is C60H41NOSi. The van der Waals surface area contributed by atoms with Gasteiger partial charge in [0.25, 0.3) is 0 Å². The molecule has 12 rings (SSSR count). The van der Waals surface area contributed by atoms with Crippen molar-refractivity contribution in [2.24, 2.45) is 0 Å². The smallest absolute Gasteiger partial charge is 0.179 e. The minimum atomic E-state index is -2.92. The van der Waals surface area contributed by atoms with Crippen LogP contribution >= 0.6 is 0 Å². The van der Waals surface area contributed by atoms with E-state index in [2.05, 4.69) is 247 Å². The molecule has 0 spiro atoms. The zero-order valence-corrected chi connectivity index (χ0v) is 35.5. The van der Waals surface area contributed by atoms with Crippen molar-refractivity contribution in [3.63, 3.8) is 0 Å². The summed E-state index contributed by atoms with van der Waals surface area (Å²) in [5.41, 5.74) is 12.2. The predicted molar refractivity (Wildman–Crippen MR) is 268 cm³/mol. The van der Waals surface area contributed by atoms with Gasteiger partial charge in [-0.1, -0.05) is 206 Å². The first-order chi connectivity index (χ1) is 31.2. The van der Waals surface area contributed by atoms with E-state index < -0.39 is 8.07 Å². The zero-order chi connectivity index (χ0) is 41.7. The van der Waals surface area contributed by atoms with Crippen molar-refractivity contribution >= 4 is 72.6 Å². The van der Waals surface area contributed by atoms with Gasteiger partial charge in [-0.05, 0) is 91.0 Å². The van der Waals surface area contributed by atoms with Gasteiger partial charge in [-0.2, -0.15) is 0 Å². The summed E-state index contributed by atoms with van der Waals surface area (Å²) in [7, 11) is -2.92. The van der Waals surface area contributed by atoms with Gasteiger partial charge in [-0.25, -0.2) is 0 Å². The molecule has 0 unspecified atom stereocenters. The highest BCUT2D eigenvalue weighted by Crippen LogP contribution is 2.38. The largest absolute Gasteiger partial charge is 0.455 e. The molecule has 0 aliphatic heterocycles. The molecule has 0 aliphatic carbocycles. The molecule has 0 fully saturated rings. The second-order valence-electron chi connectivity index (χ2n) is 16.4. The van der Waals surface area contributed by atoms with E-state index in [0.717, 1.165) is 49.9 Å². The van der Waals surface area contributed by atoms with E-state index in [1.54, 1.807) is 0 Å². The third-order valence-corrected chi connectivity index (χ3v) is 17.7. The fourth-order valence-electron chi connectivity index (χ4n) is 10.1. The van der Waals surface area contributed by atoms with Crippen molar-refractivity contribution in [3.05, 3.63) is 249 Å². The van der Waals surface area contributed by atoms with Crippen LogP contribution in [0.2, 0.25) is 0 Å². The van der Waals surface area contributed by atoms with E-state index in [0.29, 0.717) is 0 Å². The first-order valence-electron chi connectivity index (χ1n) is 21.7. The Bertz CT molecular complexity index is 3470. The lowest BCUT2D eigenvalue weighted by Gasteiger charge is -2.35. The van der Waals surface area contributed by atoms with Gasteiger partial charge in [0.1, 0.15) is 11.2 Å². The molecule has 0 amide bonds. The van der Waals surface area contributed by atoms with Crippen LogP contribution in [-0.4, -0.2) is 12.6 Å². The lowest BCUT2D eigenvalue weighted by atomic mass is 9.95. The maximum Gasteiger partial charge on any atom is 0.179 e. The van der Waals surface area contributed by atoms with Crippen molar-refractivity contribution in [1.82, 2.24) is 4.57 Å². The van der Waals surface area contributed by atoms with Gasteiger partial charge in [0.15, 0.2) is 8.07 Å². The Morgan fingerprint density at radius 2 is 0.762 bits per heavy atom. The summed E-state index contributed by atoms with van der Waals surface area (Å²) in [6.45, 7) is 0. The highest BCUT2D eigenvalue weighted by Gasteiger charge is 2.41. The highest BCUT2D eigenvalue weighted by atomic mass is 28.3. The number of para-hydroxylation sites is 4. The Hall–Kier alpha value is -7.98. The standard InChI is InChI=1S/C60H41NOSi/c1-4-23-48(24-5-1)63(49-25-6-2-7-26-49,50-27-8-3-9-28-50)51-40-45(42-19-16-21-44(37-42)52-32-18-33-56-55-31-12-15-36-59(55)62-60(52)56)38-46(41-51)43-20-17-22-47(39-43)61-57-34-13-10-29-53(57)54-30-11-14-35-58(54)61/h1-41H. The van der Waals surface area contributed by atoms with E-state index in [-0.39, 0.29) is 0 Å². The van der Waals surface area contributed by atoms with Gasteiger partial charge in [0, 0.05) is 32.8 Å². The zero-order valence-electron chi connectivity index (χ0n) is 34.5. The number of benzene rings is 10. The van der Waals surface area contributed by atoms with E-state index in [1.807, 2.05) is 6.07 Å². The van der Waals surface area contributed by atoms with Crippen LogP contribution < -0.4 is 20.7 Å². The number of rotatable bonds is 8. The molecule has 63 heavy (non-hydrogen) atoms. The van der Waals surface area contributed by atoms with Crippen LogP contribution in [0.3, 0.4) is 0 Å². The van der Waals surface area contributed by atoms with Crippen LogP contribution in [0.5, 0.6) is 0 Å². The average molecular weight is 820 g/mol. The lowest BCUT2D eigenvalue weighted by molar-refractivity contribution is 0.670. The fourth-order valence-corrected chi connectivity index (χ4v) is 14.9. The molecule has 296 valence electrons. The van der Waals surface area contributed by atoms with E-state index in [1.165, 1.54) is 53.7 Å². The van der Waals surface area contributed by atoms with Crippen molar-refractivity contribution in [2.75, 3.05) is 0 Å². The summed E-state index contributed by atoms with van der Waals surface area (Å²) in [4.78, 5) is 0. The number of nitrogens with zero attached hydrogens (tertiary/aromatic N) is 1. The van der Waals surface area contributed by atoms with Gasteiger partial charge in [0.2, 0.25) is 0 Å². The second kappa shape index (κ2) is 15.2. The normalized spacial score (nSPS) is 11.8. The number of fused-ring (bicyclic) bond motifs is 6. The highest BCUT2D eigenvalue weighted by molar-refractivity contribution is 7.20. The third-order valence-electron chi connectivity index (χ3n) is 12.9. The molecule has 3 heteroatoms. The van der Waals surface area contributed by atoms with Gasteiger partial charge in [-0.15, -0.1) is 0 Å². The Balaban J connectivity index is 1.12.